The van der Waals surface area contributed by atoms with Crippen molar-refractivity contribution in [3.05, 3.63) is 76.7 Å². The summed E-state index contributed by atoms with van der Waals surface area (Å²) in [7, 11) is 3.58. The summed E-state index contributed by atoms with van der Waals surface area (Å²) >= 11 is 0. The van der Waals surface area contributed by atoms with Gasteiger partial charge in [-0.1, -0.05) is 37.3 Å². The normalized spacial score (nSPS) is 16.1. The molecule has 1 aliphatic rings. The molecule has 7 heteroatoms. The number of pyridine rings is 1. The average Bonchev–Trinajstić information content (AvgIpc) is 2.88. The Balaban J connectivity index is 1.68. The molecule has 2 heterocycles. The molecule has 0 fully saturated rings. The Hall–Kier alpha value is -3.45. The van der Waals surface area contributed by atoms with Crippen molar-refractivity contribution in [2.45, 2.75) is 65.1 Å². The molecule has 1 aromatic heterocycles. The predicted octanol–water partition coefficient (Wildman–Crippen LogP) is 6.46. The Bertz CT molecular complexity index is 1320. The van der Waals surface area contributed by atoms with E-state index in [2.05, 4.69) is 43.8 Å². The highest BCUT2D eigenvalue weighted by molar-refractivity contribution is 5.70. The predicted molar refractivity (Wildman–Crippen MR) is 146 cm³/mol. The van der Waals surface area contributed by atoms with E-state index < -0.39 is 17.7 Å². The van der Waals surface area contributed by atoms with E-state index in [0.29, 0.717) is 24.4 Å². The first-order valence-corrected chi connectivity index (χ1v) is 13.0. The first kappa shape index (κ1) is 27.6. The third-order valence-corrected chi connectivity index (χ3v) is 7.42. The second-order valence-corrected chi connectivity index (χ2v) is 11.2. The van der Waals surface area contributed by atoms with Crippen molar-refractivity contribution < 1.29 is 23.8 Å². The SMILES string of the molecule is COc1cc(-c2ccc(C3CCc4ccc(C[C@@H](C)C(=O)O)cc4O3)cc2CN(C)C(C)(C)C)c(F)cn1. The lowest BCUT2D eigenvalue weighted by molar-refractivity contribution is -0.141. The number of benzene rings is 2. The van der Waals surface area contributed by atoms with Crippen LogP contribution in [-0.4, -0.2) is 40.7 Å². The van der Waals surface area contributed by atoms with E-state index in [1.54, 1.807) is 13.0 Å². The Morgan fingerprint density at radius 2 is 1.97 bits per heavy atom. The molecule has 0 bridgehead atoms. The van der Waals surface area contributed by atoms with Crippen LogP contribution in [0.15, 0.2) is 48.7 Å². The summed E-state index contributed by atoms with van der Waals surface area (Å²) < 4.78 is 26.7. The third-order valence-electron chi connectivity index (χ3n) is 7.42. The second kappa shape index (κ2) is 11.1. The third kappa shape index (κ3) is 6.16. The maximum atomic E-state index is 14.9. The molecule has 3 aromatic rings. The molecule has 4 rings (SSSR count). The van der Waals surface area contributed by atoms with Gasteiger partial charge in [0, 0.05) is 23.7 Å². The summed E-state index contributed by atoms with van der Waals surface area (Å²) in [5.74, 6) is -0.504. The van der Waals surface area contributed by atoms with Gasteiger partial charge in [0.1, 0.15) is 17.7 Å². The number of aryl methyl sites for hydroxylation is 1. The molecule has 202 valence electrons. The van der Waals surface area contributed by atoms with E-state index in [4.69, 9.17) is 9.47 Å². The minimum atomic E-state index is -0.808. The van der Waals surface area contributed by atoms with Gasteiger partial charge in [-0.3, -0.25) is 9.69 Å². The highest BCUT2D eigenvalue weighted by Gasteiger charge is 2.25. The molecule has 2 aromatic carbocycles. The number of fused-ring (bicyclic) bond motifs is 1. The summed E-state index contributed by atoms with van der Waals surface area (Å²) in [6, 6.07) is 13.7. The zero-order chi connectivity index (χ0) is 27.6. The van der Waals surface area contributed by atoms with Crippen molar-refractivity contribution in [1.29, 1.82) is 0 Å². The quantitative estimate of drug-likeness (QED) is 0.368. The topological polar surface area (TPSA) is 71.9 Å². The van der Waals surface area contributed by atoms with E-state index in [-0.39, 0.29) is 11.6 Å². The Morgan fingerprint density at radius 1 is 1.21 bits per heavy atom. The number of ether oxygens (including phenoxy) is 2. The summed E-state index contributed by atoms with van der Waals surface area (Å²) in [4.78, 5) is 17.6. The van der Waals surface area contributed by atoms with Gasteiger partial charge >= 0.3 is 5.97 Å². The lowest BCUT2D eigenvalue weighted by Crippen LogP contribution is -2.37. The molecule has 6 nitrogen and oxygen atoms in total. The van der Waals surface area contributed by atoms with Gasteiger partial charge < -0.3 is 14.6 Å². The number of nitrogens with zero attached hydrogens (tertiary/aromatic N) is 2. The number of carbonyl (C=O) groups is 1. The Morgan fingerprint density at radius 3 is 2.66 bits per heavy atom. The van der Waals surface area contributed by atoms with E-state index in [1.165, 1.54) is 13.3 Å². The van der Waals surface area contributed by atoms with Crippen LogP contribution in [-0.2, 0) is 24.2 Å². The maximum Gasteiger partial charge on any atom is 0.306 e. The molecule has 0 spiro atoms. The van der Waals surface area contributed by atoms with Crippen molar-refractivity contribution in [3.63, 3.8) is 0 Å². The number of hydrogen-bond acceptors (Lipinski definition) is 5. The molecule has 1 aliphatic heterocycles. The molecule has 1 unspecified atom stereocenters. The van der Waals surface area contributed by atoms with Crippen molar-refractivity contribution in [2.24, 2.45) is 5.92 Å². The van der Waals surface area contributed by atoms with Crippen LogP contribution in [0, 0.1) is 11.7 Å². The van der Waals surface area contributed by atoms with E-state index in [1.807, 2.05) is 30.3 Å². The van der Waals surface area contributed by atoms with Gasteiger partial charge in [-0.05, 0) is 81.0 Å². The zero-order valence-electron chi connectivity index (χ0n) is 23.0. The Kier molecular flexibility index (Phi) is 8.07. The highest BCUT2D eigenvalue weighted by Crippen LogP contribution is 2.38. The molecule has 0 radical (unpaired) electrons. The molecule has 1 N–H and O–H groups in total. The van der Waals surface area contributed by atoms with Crippen LogP contribution in [0.4, 0.5) is 4.39 Å². The number of halogens is 1. The standard InChI is InChI=1S/C31H37FN2O4/c1-19(30(35)36)13-20-7-8-21-10-12-27(38-28(21)14-20)22-9-11-24(23(15-22)18-34(5)31(2,3)4)25-16-29(37-6)33-17-26(25)32/h7-9,11,14-17,19,27H,10,12-13,18H2,1-6H3,(H,35,36)/t19-,27?/m1/s1. The average molecular weight is 521 g/mol. The van der Waals surface area contributed by atoms with Gasteiger partial charge in [0.25, 0.3) is 0 Å². The van der Waals surface area contributed by atoms with Gasteiger partial charge in [0.2, 0.25) is 5.88 Å². The summed E-state index contributed by atoms with van der Waals surface area (Å²) in [5.41, 5.74) is 5.27. The second-order valence-electron chi connectivity index (χ2n) is 11.2. The number of carboxylic acids is 1. The number of carboxylic acid groups (broad SMARTS) is 1. The van der Waals surface area contributed by atoms with Crippen LogP contribution < -0.4 is 9.47 Å². The summed E-state index contributed by atoms with van der Waals surface area (Å²) in [5, 5.41) is 9.29. The van der Waals surface area contributed by atoms with Crippen LogP contribution in [0.2, 0.25) is 0 Å². The summed E-state index contributed by atoms with van der Waals surface area (Å²) in [6.45, 7) is 8.78. The lowest BCUT2D eigenvalue weighted by atomic mass is 9.91. The summed E-state index contributed by atoms with van der Waals surface area (Å²) in [6.07, 6.45) is 3.19. The number of aromatic nitrogens is 1. The molecular formula is C31H37FN2O4. The monoisotopic (exact) mass is 520 g/mol. The molecule has 0 saturated heterocycles. The fraction of sp³-hybridized carbons (Fsp3) is 0.419. The van der Waals surface area contributed by atoms with Crippen molar-refractivity contribution >= 4 is 5.97 Å². The molecular weight excluding hydrogens is 483 g/mol. The number of hydrogen-bond donors (Lipinski definition) is 1. The van der Waals surface area contributed by atoms with Crippen LogP contribution >= 0.6 is 0 Å². The zero-order valence-corrected chi connectivity index (χ0v) is 23.0. The van der Waals surface area contributed by atoms with Gasteiger partial charge in [-0.15, -0.1) is 0 Å². The van der Waals surface area contributed by atoms with Crippen molar-refractivity contribution in [3.8, 4) is 22.8 Å². The van der Waals surface area contributed by atoms with E-state index >= 15 is 0 Å². The first-order chi connectivity index (χ1) is 18.0. The molecule has 0 saturated carbocycles. The smallest absolute Gasteiger partial charge is 0.306 e. The fourth-order valence-corrected chi connectivity index (χ4v) is 4.65. The van der Waals surface area contributed by atoms with Crippen LogP contribution in [0.3, 0.4) is 0 Å². The number of aliphatic carboxylic acids is 1. The number of methoxy groups -OCH3 is 1. The molecule has 38 heavy (non-hydrogen) atoms. The van der Waals surface area contributed by atoms with Crippen molar-refractivity contribution in [1.82, 2.24) is 9.88 Å². The van der Waals surface area contributed by atoms with Gasteiger partial charge in [-0.2, -0.15) is 0 Å². The van der Waals surface area contributed by atoms with E-state index in [0.717, 1.165) is 46.4 Å². The highest BCUT2D eigenvalue weighted by atomic mass is 19.1. The number of rotatable bonds is 8. The van der Waals surface area contributed by atoms with E-state index in [9.17, 15) is 14.3 Å². The maximum absolute atomic E-state index is 14.9. The van der Waals surface area contributed by atoms with Gasteiger partial charge in [0.15, 0.2) is 0 Å². The Labute approximate surface area is 224 Å². The van der Waals surface area contributed by atoms with Gasteiger partial charge in [-0.25, -0.2) is 9.37 Å². The molecule has 2 atom stereocenters. The van der Waals surface area contributed by atoms with Crippen LogP contribution in [0.5, 0.6) is 11.6 Å². The molecule has 0 amide bonds. The minimum absolute atomic E-state index is 0.0779. The minimum Gasteiger partial charge on any atom is -0.485 e. The molecule has 0 aliphatic carbocycles. The van der Waals surface area contributed by atoms with Gasteiger partial charge in [0.05, 0.1) is 19.2 Å². The van der Waals surface area contributed by atoms with Crippen LogP contribution in [0.1, 0.15) is 62.5 Å². The van der Waals surface area contributed by atoms with Crippen molar-refractivity contribution in [2.75, 3.05) is 14.2 Å². The first-order valence-electron chi connectivity index (χ1n) is 13.0. The largest absolute Gasteiger partial charge is 0.485 e. The lowest BCUT2D eigenvalue weighted by Gasteiger charge is -2.33. The van der Waals surface area contributed by atoms with Crippen LogP contribution in [0.25, 0.3) is 11.1 Å². The fourth-order valence-electron chi connectivity index (χ4n) is 4.65.